The Morgan fingerprint density at radius 1 is 1.00 bits per heavy atom. The van der Waals surface area contributed by atoms with Gasteiger partial charge in [-0.2, -0.15) is 13.2 Å². The molecule has 27 heavy (non-hydrogen) atoms. The van der Waals surface area contributed by atoms with Crippen molar-refractivity contribution >= 4 is 11.9 Å². The van der Waals surface area contributed by atoms with Crippen LogP contribution < -0.4 is 0 Å². The molecule has 0 aromatic heterocycles. The molecule has 0 aliphatic carbocycles. The van der Waals surface area contributed by atoms with E-state index in [2.05, 4.69) is 0 Å². The molecule has 0 saturated carbocycles. The Bertz CT molecular complexity index is 832. The summed E-state index contributed by atoms with van der Waals surface area (Å²) in [7, 11) is 0. The summed E-state index contributed by atoms with van der Waals surface area (Å²) in [5.74, 6) is -1.37. The topological polar surface area (TPSA) is 66.8 Å². The molecule has 1 fully saturated rings. The van der Waals surface area contributed by atoms with E-state index in [-0.39, 0.29) is 24.6 Å². The molecule has 1 saturated heterocycles. The first-order valence-electron chi connectivity index (χ1n) is 8.17. The minimum Gasteiger partial charge on any atom is -0.478 e. The van der Waals surface area contributed by atoms with Crippen molar-refractivity contribution in [1.29, 1.82) is 0 Å². The molecule has 0 spiro atoms. The fraction of sp³-hybridized carbons (Fsp3) is 0.263. The number of amides is 1. The molecule has 1 unspecified atom stereocenters. The van der Waals surface area contributed by atoms with Crippen LogP contribution in [0.2, 0.25) is 0 Å². The lowest BCUT2D eigenvalue weighted by molar-refractivity contribution is -0.137. The molecular weight excluding hydrogens is 363 g/mol. The largest absolute Gasteiger partial charge is 0.478 e. The third-order valence-electron chi connectivity index (χ3n) is 4.34. The number of hydrogen-bond donors (Lipinski definition) is 1. The van der Waals surface area contributed by atoms with Gasteiger partial charge in [-0.25, -0.2) is 4.79 Å². The molecule has 2 aromatic carbocycles. The van der Waals surface area contributed by atoms with E-state index in [1.165, 1.54) is 36.4 Å². The Labute approximate surface area is 153 Å². The van der Waals surface area contributed by atoms with Gasteiger partial charge >= 0.3 is 12.1 Å². The number of aromatic carboxylic acids is 1. The minimum atomic E-state index is -4.41. The quantitative estimate of drug-likeness (QED) is 0.885. The van der Waals surface area contributed by atoms with Crippen LogP contribution in [0.15, 0.2) is 48.5 Å². The summed E-state index contributed by atoms with van der Waals surface area (Å²) in [5.41, 5.74) is 0.236. The molecule has 0 radical (unpaired) electrons. The second-order valence-electron chi connectivity index (χ2n) is 6.11. The Morgan fingerprint density at radius 2 is 1.59 bits per heavy atom. The molecule has 3 rings (SSSR count). The van der Waals surface area contributed by atoms with Gasteiger partial charge in [0.1, 0.15) is 6.10 Å². The van der Waals surface area contributed by atoms with Crippen LogP contribution in [-0.4, -0.2) is 41.6 Å². The molecular formula is C19H16F3NO4. The Kier molecular flexibility index (Phi) is 5.18. The van der Waals surface area contributed by atoms with Crippen LogP contribution in [0.5, 0.6) is 0 Å². The summed E-state index contributed by atoms with van der Waals surface area (Å²) in [6.07, 6.45) is -4.93. The van der Waals surface area contributed by atoms with Gasteiger partial charge in [-0.05, 0) is 42.0 Å². The van der Waals surface area contributed by atoms with Crippen LogP contribution in [0, 0.1) is 0 Å². The van der Waals surface area contributed by atoms with Crippen LogP contribution >= 0.6 is 0 Å². The number of alkyl halides is 3. The summed E-state index contributed by atoms with van der Waals surface area (Å²) in [6, 6.07) is 10.3. The predicted molar refractivity (Wildman–Crippen MR) is 89.4 cm³/mol. The van der Waals surface area contributed by atoms with E-state index in [4.69, 9.17) is 9.84 Å². The molecule has 1 aliphatic heterocycles. The van der Waals surface area contributed by atoms with E-state index in [1.54, 1.807) is 4.90 Å². The van der Waals surface area contributed by atoms with Crippen LogP contribution in [0.1, 0.15) is 37.9 Å². The fourth-order valence-electron chi connectivity index (χ4n) is 2.86. The van der Waals surface area contributed by atoms with Gasteiger partial charge in [-0.3, -0.25) is 4.79 Å². The zero-order chi connectivity index (χ0) is 19.6. The van der Waals surface area contributed by atoms with Crippen molar-refractivity contribution in [3.05, 3.63) is 70.8 Å². The van der Waals surface area contributed by atoms with Crippen LogP contribution in [0.4, 0.5) is 13.2 Å². The Balaban J connectivity index is 1.71. The average molecular weight is 379 g/mol. The number of carbonyl (C=O) groups is 2. The lowest BCUT2D eigenvalue weighted by Gasteiger charge is -2.33. The lowest BCUT2D eigenvalue weighted by atomic mass is 10.0. The smallest absolute Gasteiger partial charge is 0.416 e. The fourth-order valence-corrected chi connectivity index (χ4v) is 2.86. The maximum absolute atomic E-state index is 12.7. The number of halogens is 3. The number of hydrogen-bond acceptors (Lipinski definition) is 3. The number of carboxylic acids is 1. The Hall–Kier alpha value is -2.87. The van der Waals surface area contributed by atoms with Crippen LogP contribution in [-0.2, 0) is 10.9 Å². The second-order valence-corrected chi connectivity index (χ2v) is 6.11. The predicted octanol–water partition coefficient (Wildman–Crippen LogP) is 3.62. The van der Waals surface area contributed by atoms with Gasteiger partial charge < -0.3 is 14.7 Å². The van der Waals surface area contributed by atoms with E-state index in [0.717, 1.165) is 12.1 Å². The normalized spacial score (nSPS) is 17.6. The van der Waals surface area contributed by atoms with Gasteiger partial charge in [0, 0.05) is 12.1 Å². The van der Waals surface area contributed by atoms with Gasteiger partial charge in [0.25, 0.3) is 5.91 Å². The first-order chi connectivity index (χ1) is 12.8. The van der Waals surface area contributed by atoms with Crippen molar-refractivity contribution in [3.63, 3.8) is 0 Å². The summed E-state index contributed by atoms with van der Waals surface area (Å²) in [5, 5.41) is 8.91. The highest BCUT2D eigenvalue weighted by molar-refractivity contribution is 5.96. The molecule has 0 bridgehead atoms. The molecule has 5 nitrogen and oxygen atoms in total. The number of ether oxygens (including phenoxy) is 1. The highest BCUT2D eigenvalue weighted by Crippen LogP contribution is 2.31. The van der Waals surface area contributed by atoms with E-state index >= 15 is 0 Å². The van der Waals surface area contributed by atoms with Gasteiger partial charge in [0.05, 0.1) is 24.3 Å². The van der Waals surface area contributed by atoms with Gasteiger partial charge in [-0.1, -0.05) is 12.1 Å². The molecule has 2 aromatic rings. The Morgan fingerprint density at radius 3 is 2.15 bits per heavy atom. The van der Waals surface area contributed by atoms with E-state index in [0.29, 0.717) is 17.7 Å². The molecule has 8 heteroatoms. The molecule has 1 amide bonds. The lowest BCUT2D eigenvalue weighted by Crippen LogP contribution is -2.42. The monoisotopic (exact) mass is 379 g/mol. The summed E-state index contributed by atoms with van der Waals surface area (Å²) < 4.78 is 43.6. The van der Waals surface area contributed by atoms with Crippen molar-refractivity contribution in [3.8, 4) is 0 Å². The standard InChI is InChI=1S/C19H16F3NO4/c20-19(21,22)15-7-5-12(6-8-15)16-11-23(9-10-27-16)17(24)13-1-3-14(4-2-13)18(25)26/h1-8,16H,9-11H2,(H,25,26). The molecule has 1 atom stereocenters. The number of carboxylic acid groups (broad SMARTS) is 1. The number of benzene rings is 2. The molecule has 1 heterocycles. The average Bonchev–Trinajstić information content (AvgIpc) is 2.67. The SMILES string of the molecule is O=C(O)c1ccc(C(=O)N2CCOC(c3ccc(C(F)(F)F)cc3)C2)cc1. The van der Waals surface area contributed by atoms with Crippen molar-refractivity contribution in [2.75, 3.05) is 19.7 Å². The van der Waals surface area contributed by atoms with Crippen LogP contribution in [0.3, 0.4) is 0 Å². The van der Waals surface area contributed by atoms with Gasteiger partial charge in [-0.15, -0.1) is 0 Å². The molecule has 1 aliphatic rings. The van der Waals surface area contributed by atoms with E-state index < -0.39 is 23.8 Å². The molecule has 1 N–H and O–H groups in total. The van der Waals surface area contributed by atoms with Crippen LogP contribution in [0.25, 0.3) is 0 Å². The van der Waals surface area contributed by atoms with Crippen molar-refractivity contribution in [2.45, 2.75) is 12.3 Å². The minimum absolute atomic E-state index is 0.0798. The highest BCUT2D eigenvalue weighted by Gasteiger charge is 2.31. The summed E-state index contributed by atoms with van der Waals surface area (Å²) in [6.45, 7) is 0.798. The van der Waals surface area contributed by atoms with E-state index in [9.17, 15) is 22.8 Å². The third-order valence-corrected chi connectivity index (χ3v) is 4.34. The number of carbonyl (C=O) groups excluding carboxylic acids is 1. The first-order valence-corrected chi connectivity index (χ1v) is 8.17. The van der Waals surface area contributed by atoms with Crippen molar-refractivity contribution in [2.24, 2.45) is 0 Å². The number of rotatable bonds is 3. The van der Waals surface area contributed by atoms with Crippen molar-refractivity contribution in [1.82, 2.24) is 4.90 Å². The van der Waals surface area contributed by atoms with Crippen molar-refractivity contribution < 1.29 is 32.6 Å². The first kappa shape index (κ1) is 18.9. The van der Waals surface area contributed by atoms with Gasteiger partial charge in [0.15, 0.2) is 0 Å². The maximum atomic E-state index is 12.7. The highest BCUT2D eigenvalue weighted by atomic mass is 19.4. The molecule has 142 valence electrons. The number of morpholine rings is 1. The van der Waals surface area contributed by atoms with Gasteiger partial charge in [0.2, 0.25) is 0 Å². The summed E-state index contributed by atoms with van der Waals surface area (Å²) in [4.78, 5) is 25.0. The number of nitrogens with zero attached hydrogens (tertiary/aromatic N) is 1. The maximum Gasteiger partial charge on any atom is 0.416 e. The second kappa shape index (κ2) is 7.40. The van der Waals surface area contributed by atoms with E-state index in [1.807, 2.05) is 0 Å². The zero-order valence-electron chi connectivity index (χ0n) is 14.1. The zero-order valence-corrected chi connectivity index (χ0v) is 14.1. The summed E-state index contributed by atoms with van der Waals surface area (Å²) >= 11 is 0. The third kappa shape index (κ3) is 4.28.